The molecule has 5 nitrogen and oxygen atoms in total. The Balaban J connectivity index is 2.05. The zero-order valence-electron chi connectivity index (χ0n) is 15.2. The smallest absolute Gasteiger partial charge is 0.173 e. The fourth-order valence-corrected chi connectivity index (χ4v) is 2.99. The van der Waals surface area contributed by atoms with E-state index in [-0.39, 0.29) is 17.4 Å². The number of fused-ring (bicyclic) bond motifs is 1. The summed E-state index contributed by atoms with van der Waals surface area (Å²) >= 11 is 0. The molecule has 0 aliphatic rings. The highest BCUT2D eigenvalue weighted by atomic mass is 19.2. The lowest BCUT2D eigenvalue weighted by Crippen LogP contribution is -2.30. The van der Waals surface area contributed by atoms with Crippen LogP contribution in [0, 0.1) is 17.6 Å². The molecule has 142 valence electrons. The summed E-state index contributed by atoms with van der Waals surface area (Å²) < 4.78 is 27.9. The number of phenols is 1. The zero-order chi connectivity index (χ0) is 19.6. The Labute approximate surface area is 156 Å². The van der Waals surface area contributed by atoms with Crippen molar-refractivity contribution in [2.45, 2.75) is 26.3 Å². The fourth-order valence-electron chi connectivity index (χ4n) is 2.99. The molecule has 0 unspecified atom stereocenters. The Hall–Kier alpha value is -2.80. The van der Waals surface area contributed by atoms with Gasteiger partial charge in [-0.15, -0.1) is 0 Å². The van der Waals surface area contributed by atoms with Gasteiger partial charge in [-0.3, -0.25) is 0 Å². The monoisotopic (exact) mass is 372 g/mol. The van der Waals surface area contributed by atoms with Crippen LogP contribution in [-0.2, 0) is 0 Å². The van der Waals surface area contributed by atoms with Gasteiger partial charge in [0.25, 0.3) is 0 Å². The van der Waals surface area contributed by atoms with Gasteiger partial charge >= 0.3 is 0 Å². The summed E-state index contributed by atoms with van der Waals surface area (Å²) in [6.45, 7) is 4.65. The molecule has 0 bridgehead atoms. The SMILES string of the molecule is CC(C)C[C@H](N)CNc1nc(-c2c(O)ccc(F)c2F)nc2ccccc12. The standard InChI is InChI=1S/C20H22F2N4O/c1-11(2)9-12(23)10-24-19-13-5-3-4-6-15(13)25-20(26-19)17-16(27)8-7-14(21)18(17)22/h3-8,11-12,27H,9-10,23H2,1-2H3,(H,24,25,26)/t12-/m0/s1. The number of phenolic OH excluding ortho intramolecular Hbond substituents is 1. The number of nitrogens with zero attached hydrogens (tertiary/aromatic N) is 2. The average molecular weight is 372 g/mol. The zero-order valence-corrected chi connectivity index (χ0v) is 15.2. The number of para-hydroxylation sites is 1. The molecule has 0 aliphatic heterocycles. The van der Waals surface area contributed by atoms with E-state index in [1.807, 2.05) is 12.1 Å². The molecule has 0 aliphatic carbocycles. The van der Waals surface area contributed by atoms with Gasteiger partial charge < -0.3 is 16.2 Å². The number of rotatable bonds is 6. The van der Waals surface area contributed by atoms with Crippen LogP contribution in [0.4, 0.5) is 14.6 Å². The second-order valence-electron chi connectivity index (χ2n) is 6.94. The van der Waals surface area contributed by atoms with Crippen LogP contribution in [0.5, 0.6) is 5.75 Å². The Kier molecular flexibility index (Phi) is 5.51. The summed E-state index contributed by atoms with van der Waals surface area (Å²) in [5.41, 5.74) is 6.31. The van der Waals surface area contributed by atoms with Crippen LogP contribution in [0.1, 0.15) is 20.3 Å². The number of anilines is 1. The maximum absolute atomic E-state index is 14.3. The summed E-state index contributed by atoms with van der Waals surface area (Å²) in [7, 11) is 0. The highest BCUT2D eigenvalue weighted by Gasteiger charge is 2.20. The van der Waals surface area contributed by atoms with Crippen LogP contribution in [-0.4, -0.2) is 27.7 Å². The molecule has 3 rings (SSSR count). The van der Waals surface area contributed by atoms with Gasteiger partial charge in [0.05, 0.1) is 11.1 Å². The number of nitrogens with one attached hydrogen (secondary N) is 1. The maximum Gasteiger partial charge on any atom is 0.173 e. The van der Waals surface area contributed by atoms with Crippen molar-refractivity contribution in [1.29, 1.82) is 0 Å². The molecule has 0 saturated carbocycles. The minimum atomic E-state index is -1.19. The van der Waals surface area contributed by atoms with Crippen LogP contribution < -0.4 is 11.1 Å². The number of hydrogen-bond donors (Lipinski definition) is 3. The van der Waals surface area contributed by atoms with Crippen molar-refractivity contribution in [1.82, 2.24) is 9.97 Å². The molecule has 2 aromatic carbocycles. The first-order valence-electron chi connectivity index (χ1n) is 8.80. The van der Waals surface area contributed by atoms with Gasteiger partial charge in [-0.2, -0.15) is 0 Å². The molecule has 0 saturated heterocycles. The first-order valence-corrected chi connectivity index (χ1v) is 8.80. The van der Waals surface area contributed by atoms with Crippen molar-refractivity contribution < 1.29 is 13.9 Å². The van der Waals surface area contributed by atoms with Gasteiger partial charge in [-0.05, 0) is 36.6 Å². The second-order valence-corrected chi connectivity index (χ2v) is 6.94. The molecule has 0 fully saturated rings. The minimum Gasteiger partial charge on any atom is -0.507 e. The van der Waals surface area contributed by atoms with Crippen molar-refractivity contribution in [2.75, 3.05) is 11.9 Å². The van der Waals surface area contributed by atoms with Crippen molar-refractivity contribution in [3.05, 3.63) is 48.0 Å². The third-order valence-electron chi connectivity index (χ3n) is 4.21. The van der Waals surface area contributed by atoms with Gasteiger partial charge in [0.2, 0.25) is 0 Å². The Bertz CT molecular complexity index is 962. The molecule has 3 aromatic rings. The molecule has 4 N–H and O–H groups in total. The molecule has 1 aromatic heterocycles. The first-order chi connectivity index (χ1) is 12.9. The van der Waals surface area contributed by atoms with E-state index in [0.29, 0.717) is 23.8 Å². The molecule has 1 heterocycles. The van der Waals surface area contributed by atoms with E-state index < -0.39 is 17.4 Å². The van der Waals surface area contributed by atoms with Crippen molar-refractivity contribution >= 4 is 16.7 Å². The first kappa shape index (κ1) is 19.0. The summed E-state index contributed by atoms with van der Waals surface area (Å²) in [6, 6.07) is 9.06. The van der Waals surface area contributed by atoms with Gasteiger partial charge in [-0.25, -0.2) is 18.7 Å². The fraction of sp³-hybridized carbons (Fsp3) is 0.300. The van der Waals surface area contributed by atoms with Gasteiger partial charge in [0.15, 0.2) is 17.5 Å². The van der Waals surface area contributed by atoms with Crippen molar-refractivity contribution in [3.8, 4) is 17.1 Å². The van der Waals surface area contributed by atoms with Crippen molar-refractivity contribution in [2.24, 2.45) is 11.7 Å². The molecule has 7 heteroatoms. The predicted octanol–water partition coefficient (Wildman–Crippen LogP) is 4.07. The molecule has 0 amide bonds. The Morgan fingerprint density at radius 1 is 1.11 bits per heavy atom. The highest BCUT2D eigenvalue weighted by molar-refractivity contribution is 5.91. The Morgan fingerprint density at radius 3 is 2.59 bits per heavy atom. The second kappa shape index (κ2) is 7.84. The van der Waals surface area contributed by atoms with Crippen LogP contribution in [0.15, 0.2) is 36.4 Å². The number of aromatic hydroxyl groups is 1. The Morgan fingerprint density at radius 2 is 1.85 bits per heavy atom. The molecule has 1 atom stereocenters. The third-order valence-corrected chi connectivity index (χ3v) is 4.21. The molecule has 27 heavy (non-hydrogen) atoms. The van der Waals surface area contributed by atoms with Gasteiger partial charge in [0.1, 0.15) is 11.6 Å². The number of benzene rings is 2. The molecule has 0 spiro atoms. The molecular formula is C20H22F2N4O. The summed E-state index contributed by atoms with van der Waals surface area (Å²) in [4.78, 5) is 8.64. The van der Waals surface area contributed by atoms with Crippen LogP contribution in [0.2, 0.25) is 0 Å². The maximum atomic E-state index is 14.3. The van der Waals surface area contributed by atoms with Gasteiger partial charge in [-0.1, -0.05) is 26.0 Å². The topological polar surface area (TPSA) is 84.1 Å². The van der Waals surface area contributed by atoms with Crippen LogP contribution in [0.3, 0.4) is 0 Å². The third kappa shape index (κ3) is 4.14. The van der Waals surface area contributed by atoms with E-state index >= 15 is 0 Å². The van der Waals surface area contributed by atoms with Gasteiger partial charge in [0, 0.05) is 18.0 Å². The average Bonchev–Trinajstić information content (AvgIpc) is 2.62. The predicted molar refractivity (Wildman–Crippen MR) is 102 cm³/mol. The lowest BCUT2D eigenvalue weighted by atomic mass is 10.0. The van der Waals surface area contributed by atoms with E-state index in [9.17, 15) is 13.9 Å². The van der Waals surface area contributed by atoms with E-state index in [0.717, 1.165) is 23.9 Å². The highest BCUT2D eigenvalue weighted by Crippen LogP contribution is 2.33. The summed E-state index contributed by atoms with van der Waals surface area (Å²) in [6.07, 6.45) is 0.836. The number of hydrogen-bond acceptors (Lipinski definition) is 5. The van der Waals surface area contributed by atoms with Crippen molar-refractivity contribution in [3.63, 3.8) is 0 Å². The van der Waals surface area contributed by atoms with Crippen LogP contribution in [0.25, 0.3) is 22.3 Å². The normalized spacial score (nSPS) is 12.5. The number of nitrogens with two attached hydrogens (primary N) is 1. The largest absolute Gasteiger partial charge is 0.507 e. The number of aromatic nitrogens is 2. The van der Waals surface area contributed by atoms with E-state index in [1.165, 1.54) is 0 Å². The summed E-state index contributed by atoms with van der Waals surface area (Å²) in [5, 5.41) is 13.9. The van der Waals surface area contributed by atoms with E-state index in [4.69, 9.17) is 5.73 Å². The molecule has 0 radical (unpaired) electrons. The lowest BCUT2D eigenvalue weighted by molar-refractivity contribution is 0.458. The minimum absolute atomic E-state index is 0.0820. The molecular weight excluding hydrogens is 350 g/mol. The quantitative estimate of drug-likeness (QED) is 0.608. The van der Waals surface area contributed by atoms with E-state index in [2.05, 4.69) is 29.1 Å². The summed E-state index contributed by atoms with van der Waals surface area (Å²) in [5.74, 6) is -1.87. The lowest BCUT2D eigenvalue weighted by Gasteiger charge is -2.17. The van der Waals surface area contributed by atoms with Crippen LogP contribution >= 0.6 is 0 Å². The number of halogens is 2. The van der Waals surface area contributed by atoms with E-state index in [1.54, 1.807) is 12.1 Å².